The highest BCUT2D eigenvalue weighted by atomic mass is 16.5. The molecule has 2 aromatic carbocycles. The van der Waals surface area contributed by atoms with E-state index in [-0.39, 0.29) is 11.4 Å². The van der Waals surface area contributed by atoms with Crippen LogP contribution < -0.4 is 5.32 Å². The van der Waals surface area contributed by atoms with E-state index in [4.69, 9.17) is 4.52 Å². The molecule has 35 heavy (non-hydrogen) atoms. The minimum atomic E-state index is -0.661. The molecule has 4 aromatic rings. The number of nitrogens with one attached hydrogen (secondary N) is 1. The molecule has 5 heteroatoms. The summed E-state index contributed by atoms with van der Waals surface area (Å²) in [6.07, 6.45) is 0. The van der Waals surface area contributed by atoms with Gasteiger partial charge < -0.3 is 14.4 Å². The first kappa shape index (κ1) is 24.8. The first-order valence-electron chi connectivity index (χ1n) is 12.2. The van der Waals surface area contributed by atoms with Crippen LogP contribution in [0.25, 0.3) is 22.2 Å². The van der Waals surface area contributed by atoms with Gasteiger partial charge in [-0.1, -0.05) is 28.4 Å². The standard InChI is InChI=1S/C30H37N3O2/c1-18-12-19(2)14-22(13-18)27-16-23-15-24(30(8,9)28(34)31-29(5,6)7)10-11-26(23)33(27)17-25-20(3)32-35-21(25)4/h10-16H,17H2,1-9H3,(H,31,34). The Balaban J connectivity index is 1.88. The normalized spacial score (nSPS) is 12.4. The van der Waals surface area contributed by atoms with Crippen LogP contribution in [0.1, 0.15) is 68.3 Å². The van der Waals surface area contributed by atoms with Gasteiger partial charge in [0.1, 0.15) is 5.76 Å². The zero-order valence-corrected chi connectivity index (χ0v) is 22.5. The van der Waals surface area contributed by atoms with Crippen molar-refractivity contribution in [1.29, 1.82) is 0 Å². The van der Waals surface area contributed by atoms with E-state index in [1.54, 1.807) is 0 Å². The average molecular weight is 472 g/mol. The fraction of sp³-hybridized carbons (Fsp3) is 0.400. The third kappa shape index (κ3) is 4.90. The Morgan fingerprint density at radius 3 is 2.17 bits per heavy atom. The average Bonchev–Trinajstić information content (AvgIpc) is 3.26. The van der Waals surface area contributed by atoms with Crippen LogP contribution in [0.2, 0.25) is 0 Å². The number of carbonyl (C=O) groups excluding carboxylic acids is 1. The lowest BCUT2D eigenvalue weighted by atomic mass is 9.82. The molecule has 5 nitrogen and oxygen atoms in total. The highest BCUT2D eigenvalue weighted by Gasteiger charge is 2.32. The fourth-order valence-corrected chi connectivity index (χ4v) is 4.71. The number of nitrogens with zero attached hydrogens (tertiary/aromatic N) is 2. The SMILES string of the molecule is Cc1cc(C)cc(-c2cc3cc(C(C)(C)C(=O)NC(C)(C)C)ccc3n2Cc2c(C)noc2C)c1. The highest BCUT2D eigenvalue weighted by molar-refractivity contribution is 5.92. The molecule has 0 atom stereocenters. The van der Waals surface area contributed by atoms with Gasteiger partial charge in [0, 0.05) is 27.7 Å². The van der Waals surface area contributed by atoms with Gasteiger partial charge in [0.05, 0.1) is 17.7 Å². The molecule has 0 fully saturated rings. The van der Waals surface area contributed by atoms with Crippen molar-refractivity contribution in [3.63, 3.8) is 0 Å². The second-order valence-electron chi connectivity index (χ2n) is 11.4. The summed E-state index contributed by atoms with van der Waals surface area (Å²) in [5, 5.41) is 8.42. The van der Waals surface area contributed by atoms with Crippen LogP contribution in [0.5, 0.6) is 0 Å². The van der Waals surface area contributed by atoms with Gasteiger partial charge >= 0.3 is 0 Å². The van der Waals surface area contributed by atoms with Crippen LogP contribution in [0.3, 0.4) is 0 Å². The predicted octanol–water partition coefficient (Wildman–Crippen LogP) is 6.77. The Hall–Kier alpha value is -3.34. The lowest BCUT2D eigenvalue weighted by Gasteiger charge is -2.30. The van der Waals surface area contributed by atoms with Crippen molar-refractivity contribution in [3.05, 3.63) is 76.2 Å². The van der Waals surface area contributed by atoms with E-state index in [1.807, 2.05) is 48.5 Å². The van der Waals surface area contributed by atoms with E-state index in [0.29, 0.717) is 6.54 Å². The summed E-state index contributed by atoms with van der Waals surface area (Å²) in [5.74, 6) is 0.862. The van der Waals surface area contributed by atoms with E-state index in [1.165, 1.54) is 16.7 Å². The fourth-order valence-electron chi connectivity index (χ4n) is 4.71. The number of aromatic nitrogens is 2. The second-order valence-corrected chi connectivity index (χ2v) is 11.4. The van der Waals surface area contributed by atoms with E-state index in [0.717, 1.165) is 39.2 Å². The van der Waals surface area contributed by atoms with E-state index >= 15 is 0 Å². The van der Waals surface area contributed by atoms with Crippen molar-refractivity contribution in [2.75, 3.05) is 0 Å². The number of carbonyl (C=O) groups is 1. The van der Waals surface area contributed by atoms with Gasteiger partial charge in [0.25, 0.3) is 0 Å². The molecule has 0 saturated carbocycles. The van der Waals surface area contributed by atoms with Gasteiger partial charge in [-0.2, -0.15) is 0 Å². The summed E-state index contributed by atoms with van der Waals surface area (Å²) in [4.78, 5) is 13.1. The van der Waals surface area contributed by atoms with E-state index in [9.17, 15) is 4.79 Å². The molecule has 0 aliphatic carbocycles. The Morgan fingerprint density at radius 1 is 0.943 bits per heavy atom. The lowest BCUT2D eigenvalue weighted by Crippen LogP contribution is -2.48. The zero-order valence-electron chi connectivity index (χ0n) is 22.5. The quantitative estimate of drug-likeness (QED) is 0.349. The van der Waals surface area contributed by atoms with Gasteiger partial charge in [0.2, 0.25) is 5.91 Å². The monoisotopic (exact) mass is 471 g/mol. The van der Waals surface area contributed by atoms with Gasteiger partial charge in [-0.05, 0) is 104 Å². The first-order chi connectivity index (χ1) is 16.3. The molecule has 0 unspecified atom stereocenters. The minimum absolute atomic E-state index is 0.0223. The molecule has 0 spiro atoms. The zero-order chi connectivity index (χ0) is 25.7. The summed E-state index contributed by atoms with van der Waals surface area (Å²) in [5.41, 5.74) is 7.96. The number of amides is 1. The Kier molecular flexibility index (Phi) is 6.16. The maximum Gasteiger partial charge on any atom is 0.230 e. The summed E-state index contributed by atoms with van der Waals surface area (Å²) < 4.78 is 7.80. The van der Waals surface area contributed by atoms with Gasteiger partial charge in [-0.15, -0.1) is 0 Å². The largest absolute Gasteiger partial charge is 0.361 e. The molecule has 2 aromatic heterocycles. The molecule has 4 rings (SSSR count). The number of rotatable bonds is 5. The van der Waals surface area contributed by atoms with Crippen molar-refractivity contribution >= 4 is 16.8 Å². The van der Waals surface area contributed by atoms with Crippen molar-refractivity contribution in [2.45, 2.75) is 79.8 Å². The molecule has 0 aliphatic heterocycles. The van der Waals surface area contributed by atoms with Crippen LogP contribution in [-0.2, 0) is 16.8 Å². The van der Waals surface area contributed by atoms with E-state index in [2.05, 4.69) is 71.4 Å². The maximum absolute atomic E-state index is 13.1. The van der Waals surface area contributed by atoms with Gasteiger partial charge in [0.15, 0.2) is 0 Å². The lowest BCUT2D eigenvalue weighted by molar-refractivity contribution is -0.127. The minimum Gasteiger partial charge on any atom is -0.361 e. The molecular weight excluding hydrogens is 434 g/mol. The smallest absolute Gasteiger partial charge is 0.230 e. The summed E-state index contributed by atoms with van der Waals surface area (Å²) in [7, 11) is 0. The third-order valence-electron chi connectivity index (χ3n) is 6.69. The summed E-state index contributed by atoms with van der Waals surface area (Å²) in [6.45, 7) is 18.9. The van der Waals surface area contributed by atoms with Crippen molar-refractivity contribution in [3.8, 4) is 11.3 Å². The Labute approximate surface area is 208 Å². The van der Waals surface area contributed by atoms with Gasteiger partial charge in [-0.25, -0.2) is 0 Å². The molecule has 0 saturated heterocycles. The Bertz CT molecular complexity index is 1370. The van der Waals surface area contributed by atoms with Crippen LogP contribution in [-0.4, -0.2) is 21.2 Å². The molecule has 1 amide bonds. The van der Waals surface area contributed by atoms with Gasteiger partial charge in [-0.3, -0.25) is 4.79 Å². The van der Waals surface area contributed by atoms with Crippen molar-refractivity contribution in [2.24, 2.45) is 0 Å². The molecule has 0 bridgehead atoms. The molecular formula is C30H37N3O2. The van der Waals surface area contributed by atoms with Crippen molar-refractivity contribution in [1.82, 2.24) is 15.0 Å². The molecule has 0 radical (unpaired) electrons. The molecule has 184 valence electrons. The van der Waals surface area contributed by atoms with Crippen LogP contribution in [0, 0.1) is 27.7 Å². The number of hydrogen-bond donors (Lipinski definition) is 1. The topological polar surface area (TPSA) is 60.1 Å². The highest BCUT2D eigenvalue weighted by Crippen LogP contribution is 2.34. The second kappa shape index (κ2) is 8.71. The molecule has 1 N–H and O–H groups in total. The maximum atomic E-state index is 13.1. The predicted molar refractivity (Wildman–Crippen MR) is 143 cm³/mol. The number of fused-ring (bicyclic) bond motifs is 1. The van der Waals surface area contributed by atoms with Crippen LogP contribution in [0.4, 0.5) is 0 Å². The van der Waals surface area contributed by atoms with Crippen LogP contribution >= 0.6 is 0 Å². The number of benzene rings is 2. The number of hydrogen-bond acceptors (Lipinski definition) is 3. The number of aryl methyl sites for hydroxylation is 4. The molecule has 0 aliphatic rings. The van der Waals surface area contributed by atoms with Crippen LogP contribution in [0.15, 0.2) is 47.0 Å². The Morgan fingerprint density at radius 2 is 1.60 bits per heavy atom. The first-order valence-corrected chi connectivity index (χ1v) is 12.2. The third-order valence-corrected chi connectivity index (χ3v) is 6.69. The summed E-state index contributed by atoms with van der Waals surface area (Å²) >= 11 is 0. The van der Waals surface area contributed by atoms with E-state index < -0.39 is 5.41 Å². The van der Waals surface area contributed by atoms with Crippen molar-refractivity contribution < 1.29 is 9.32 Å². The molecule has 2 heterocycles. The summed E-state index contributed by atoms with van der Waals surface area (Å²) in [6, 6.07) is 15.3.